The highest BCUT2D eigenvalue weighted by atomic mass is 16.2. The van der Waals surface area contributed by atoms with Gasteiger partial charge in [-0.1, -0.05) is 6.07 Å². The second-order valence-corrected chi connectivity index (χ2v) is 5.19. The minimum atomic E-state index is -0.495. The van der Waals surface area contributed by atoms with Gasteiger partial charge in [-0.15, -0.1) is 0 Å². The van der Waals surface area contributed by atoms with Gasteiger partial charge in [0.05, 0.1) is 6.54 Å². The van der Waals surface area contributed by atoms with Crippen molar-refractivity contribution in [3.63, 3.8) is 0 Å². The summed E-state index contributed by atoms with van der Waals surface area (Å²) in [6.45, 7) is 2.26. The summed E-state index contributed by atoms with van der Waals surface area (Å²) in [5.74, 6) is 0.334. The number of anilines is 1. The molecule has 2 aliphatic heterocycles. The smallest absolute Gasteiger partial charge is 0.325 e. The lowest BCUT2D eigenvalue weighted by atomic mass is 10.3. The average molecular weight is 303 g/mol. The van der Waals surface area contributed by atoms with Gasteiger partial charge in [-0.05, 0) is 12.1 Å². The number of aromatic nitrogens is 1. The topological polar surface area (TPSA) is 85.8 Å². The van der Waals surface area contributed by atoms with Gasteiger partial charge < -0.3 is 15.1 Å². The molecule has 4 amide bonds. The fourth-order valence-electron chi connectivity index (χ4n) is 2.58. The number of imide groups is 1. The van der Waals surface area contributed by atoms with E-state index in [9.17, 15) is 14.4 Å². The average Bonchev–Trinajstić information content (AvgIpc) is 2.88. The number of nitrogens with zero attached hydrogens (tertiary/aromatic N) is 4. The molecular weight excluding hydrogens is 286 g/mol. The highest BCUT2D eigenvalue weighted by Gasteiger charge is 2.32. The molecule has 2 saturated heterocycles. The Hall–Kier alpha value is -2.64. The van der Waals surface area contributed by atoms with E-state index in [4.69, 9.17) is 0 Å². The summed E-state index contributed by atoms with van der Waals surface area (Å²) in [6.07, 6.45) is 1.74. The zero-order valence-corrected chi connectivity index (χ0v) is 12.1. The Bertz CT molecular complexity index is 567. The van der Waals surface area contributed by atoms with Crippen molar-refractivity contribution in [2.75, 3.05) is 44.2 Å². The Balaban J connectivity index is 1.54. The van der Waals surface area contributed by atoms with Crippen LogP contribution in [0, 0.1) is 0 Å². The van der Waals surface area contributed by atoms with Gasteiger partial charge in [0.2, 0.25) is 5.91 Å². The van der Waals surface area contributed by atoms with Crippen molar-refractivity contribution >= 4 is 23.7 Å². The van der Waals surface area contributed by atoms with Crippen molar-refractivity contribution < 1.29 is 14.4 Å². The van der Waals surface area contributed by atoms with Gasteiger partial charge in [0.1, 0.15) is 12.4 Å². The largest absolute Gasteiger partial charge is 0.353 e. The van der Waals surface area contributed by atoms with Gasteiger partial charge in [0.15, 0.2) is 0 Å². The number of carbonyl (C=O) groups is 3. The van der Waals surface area contributed by atoms with E-state index in [-0.39, 0.29) is 24.9 Å². The van der Waals surface area contributed by atoms with Gasteiger partial charge in [-0.3, -0.25) is 14.5 Å². The van der Waals surface area contributed by atoms with Crippen molar-refractivity contribution in [3.8, 4) is 0 Å². The zero-order chi connectivity index (χ0) is 15.5. The molecule has 3 rings (SSSR count). The molecular formula is C14H17N5O3. The van der Waals surface area contributed by atoms with Crippen LogP contribution in [-0.2, 0) is 9.59 Å². The fraction of sp³-hybridized carbons (Fsp3) is 0.429. The maximum atomic E-state index is 12.2. The lowest BCUT2D eigenvalue weighted by Crippen LogP contribution is -2.52. The van der Waals surface area contributed by atoms with Crippen LogP contribution in [-0.4, -0.2) is 71.9 Å². The van der Waals surface area contributed by atoms with Crippen LogP contribution in [0.4, 0.5) is 10.6 Å². The van der Waals surface area contributed by atoms with E-state index in [0.717, 1.165) is 10.7 Å². The maximum Gasteiger partial charge on any atom is 0.325 e. The molecule has 0 saturated carbocycles. The third kappa shape index (κ3) is 2.85. The number of hydrogen-bond donors (Lipinski definition) is 1. The number of amides is 4. The molecule has 8 nitrogen and oxygen atoms in total. The molecule has 2 aliphatic rings. The molecule has 0 aliphatic carbocycles. The minimum absolute atomic E-state index is 0.0282. The van der Waals surface area contributed by atoms with Crippen LogP contribution < -0.4 is 10.2 Å². The Morgan fingerprint density at radius 1 is 1.18 bits per heavy atom. The first-order valence-electron chi connectivity index (χ1n) is 7.17. The number of urea groups is 1. The molecule has 0 unspecified atom stereocenters. The van der Waals surface area contributed by atoms with Crippen LogP contribution >= 0.6 is 0 Å². The molecule has 8 heteroatoms. The summed E-state index contributed by atoms with van der Waals surface area (Å²) in [7, 11) is 0. The van der Waals surface area contributed by atoms with E-state index < -0.39 is 6.03 Å². The standard InChI is InChI=1S/C14H17N5O3/c20-12-9-16-14(22)19(12)10-13(21)18-7-5-17(6-8-18)11-3-1-2-4-15-11/h1-4H,5-10H2,(H,16,22). The van der Waals surface area contributed by atoms with Crippen molar-refractivity contribution in [1.82, 2.24) is 20.1 Å². The summed E-state index contributed by atoms with van der Waals surface area (Å²) in [5.41, 5.74) is 0. The first-order valence-corrected chi connectivity index (χ1v) is 7.17. The molecule has 2 fully saturated rings. The van der Waals surface area contributed by atoms with E-state index in [0.29, 0.717) is 26.2 Å². The number of hydrogen-bond acceptors (Lipinski definition) is 5. The van der Waals surface area contributed by atoms with Crippen LogP contribution in [0.3, 0.4) is 0 Å². The van der Waals surface area contributed by atoms with Crippen LogP contribution in [0.15, 0.2) is 24.4 Å². The third-order valence-electron chi connectivity index (χ3n) is 3.84. The molecule has 116 valence electrons. The summed E-state index contributed by atoms with van der Waals surface area (Å²) in [6, 6.07) is 5.23. The molecule has 0 aromatic carbocycles. The summed E-state index contributed by atoms with van der Waals surface area (Å²) in [5, 5.41) is 2.41. The molecule has 1 aromatic rings. The van der Waals surface area contributed by atoms with Crippen LogP contribution in [0.5, 0.6) is 0 Å². The predicted octanol–water partition coefficient (Wildman–Crippen LogP) is -0.718. The molecule has 3 heterocycles. The van der Waals surface area contributed by atoms with Crippen molar-refractivity contribution in [2.24, 2.45) is 0 Å². The van der Waals surface area contributed by atoms with Crippen LogP contribution in [0.1, 0.15) is 0 Å². The number of nitrogens with one attached hydrogen (secondary N) is 1. The van der Waals surface area contributed by atoms with Crippen LogP contribution in [0.2, 0.25) is 0 Å². The van der Waals surface area contributed by atoms with E-state index >= 15 is 0 Å². The number of pyridine rings is 1. The second-order valence-electron chi connectivity index (χ2n) is 5.19. The SMILES string of the molecule is O=C(CN1C(=O)CNC1=O)N1CCN(c2ccccn2)CC1. The Kier molecular flexibility index (Phi) is 3.90. The first-order chi connectivity index (χ1) is 10.6. The van der Waals surface area contributed by atoms with Gasteiger partial charge in [0, 0.05) is 32.4 Å². The van der Waals surface area contributed by atoms with Gasteiger partial charge in [-0.25, -0.2) is 9.78 Å². The number of carbonyl (C=O) groups excluding carboxylic acids is 3. The van der Waals surface area contributed by atoms with Crippen LogP contribution in [0.25, 0.3) is 0 Å². The summed E-state index contributed by atoms with van der Waals surface area (Å²) < 4.78 is 0. The fourth-order valence-corrected chi connectivity index (χ4v) is 2.58. The molecule has 0 spiro atoms. The van der Waals surface area contributed by atoms with Gasteiger partial charge in [0.25, 0.3) is 5.91 Å². The predicted molar refractivity (Wildman–Crippen MR) is 78.1 cm³/mol. The number of piperazine rings is 1. The summed E-state index contributed by atoms with van der Waals surface area (Å²) in [4.78, 5) is 44.2. The number of rotatable bonds is 3. The molecule has 22 heavy (non-hydrogen) atoms. The first kappa shape index (κ1) is 14.3. The normalized spacial score (nSPS) is 18.6. The third-order valence-corrected chi connectivity index (χ3v) is 3.84. The van der Waals surface area contributed by atoms with Gasteiger partial charge >= 0.3 is 6.03 Å². The maximum absolute atomic E-state index is 12.2. The van der Waals surface area contributed by atoms with Crippen molar-refractivity contribution in [2.45, 2.75) is 0 Å². The molecule has 0 atom stereocenters. The molecule has 1 aromatic heterocycles. The lowest BCUT2D eigenvalue weighted by molar-refractivity contribution is -0.136. The monoisotopic (exact) mass is 303 g/mol. The van der Waals surface area contributed by atoms with Crippen molar-refractivity contribution in [3.05, 3.63) is 24.4 Å². The molecule has 0 bridgehead atoms. The molecule has 1 N–H and O–H groups in total. The lowest BCUT2D eigenvalue weighted by Gasteiger charge is -2.35. The quantitative estimate of drug-likeness (QED) is 0.745. The molecule has 0 radical (unpaired) electrons. The zero-order valence-electron chi connectivity index (χ0n) is 12.1. The Morgan fingerprint density at radius 2 is 1.95 bits per heavy atom. The highest BCUT2D eigenvalue weighted by molar-refractivity contribution is 6.04. The Morgan fingerprint density at radius 3 is 2.55 bits per heavy atom. The van der Waals surface area contributed by atoms with E-state index in [1.165, 1.54) is 0 Å². The second kappa shape index (κ2) is 6.00. The Labute approximate surface area is 127 Å². The van der Waals surface area contributed by atoms with Gasteiger partial charge in [-0.2, -0.15) is 0 Å². The minimum Gasteiger partial charge on any atom is -0.353 e. The summed E-state index contributed by atoms with van der Waals surface area (Å²) >= 11 is 0. The van der Waals surface area contributed by atoms with E-state index in [1.807, 2.05) is 18.2 Å². The van der Waals surface area contributed by atoms with E-state index in [2.05, 4.69) is 15.2 Å². The van der Waals surface area contributed by atoms with Crippen molar-refractivity contribution in [1.29, 1.82) is 0 Å². The van der Waals surface area contributed by atoms with E-state index in [1.54, 1.807) is 11.1 Å². The highest BCUT2D eigenvalue weighted by Crippen LogP contribution is 2.13.